The molecule has 0 unspecified atom stereocenters. The topological polar surface area (TPSA) is 32.3 Å². The Bertz CT molecular complexity index is 501. The Hall–Kier alpha value is -1.71. The normalized spacial score (nSPS) is 12.3. The Balaban J connectivity index is 2.01. The van der Waals surface area contributed by atoms with Crippen LogP contribution in [-0.2, 0) is 6.54 Å². The van der Waals surface area contributed by atoms with Gasteiger partial charge in [-0.1, -0.05) is 42.5 Å². The van der Waals surface area contributed by atoms with Crippen molar-refractivity contribution in [2.45, 2.75) is 19.0 Å². The summed E-state index contributed by atoms with van der Waals surface area (Å²) < 4.78 is 13.1. The number of aliphatic hydroxyl groups is 1. The number of rotatable bonds is 6. The summed E-state index contributed by atoms with van der Waals surface area (Å²) in [5, 5.41) is 12.5. The minimum atomic E-state index is -0.224. The lowest BCUT2D eigenvalue weighted by atomic mass is 10.0. The molecule has 0 aliphatic heterocycles. The highest BCUT2D eigenvalue weighted by Gasteiger charge is 2.09. The fourth-order valence-corrected chi connectivity index (χ4v) is 2.09. The van der Waals surface area contributed by atoms with Crippen LogP contribution in [0.25, 0.3) is 0 Å². The molecule has 0 heterocycles. The monoisotopic (exact) mass is 259 g/mol. The summed E-state index contributed by atoms with van der Waals surface area (Å²) in [6.07, 6.45) is 0.638. The van der Waals surface area contributed by atoms with Gasteiger partial charge in [-0.05, 0) is 29.7 Å². The van der Waals surface area contributed by atoms with Gasteiger partial charge in [0.1, 0.15) is 5.82 Å². The molecule has 0 aliphatic rings. The van der Waals surface area contributed by atoms with Crippen LogP contribution in [0.1, 0.15) is 23.6 Å². The number of hydrogen-bond donors (Lipinski definition) is 2. The van der Waals surface area contributed by atoms with Crippen LogP contribution in [0.4, 0.5) is 4.39 Å². The molecule has 0 amide bonds. The molecule has 0 saturated carbocycles. The van der Waals surface area contributed by atoms with Crippen molar-refractivity contribution in [2.24, 2.45) is 0 Å². The predicted octanol–water partition coefficient (Wildman–Crippen LogP) is 3.04. The minimum Gasteiger partial charge on any atom is -0.396 e. The van der Waals surface area contributed by atoms with Gasteiger partial charge >= 0.3 is 0 Å². The van der Waals surface area contributed by atoms with E-state index in [0.29, 0.717) is 13.0 Å². The molecule has 2 rings (SSSR count). The second kappa shape index (κ2) is 7.02. The van der Waals surface area contributed by atoms with Crippen molar-refractivity contribution < 1.29 is 9.50 Å². The van der Waals surface area contributed by atoms with Gasteiger partial charge in [-0.15, -0.1) is 0 Å². The third kappa shape index (κ3) is 4.16. The number of nitrogens with one attached hydrogen (secondary N) is 1. The quantitative estimate of drug-likeness (QED) is 0.835. The summed E-state index contributed by atoms with van der Waals surface area (Å²) in [4.78, 5) is 0. The molecule has 0 spiro atoms. The Morgan fingerprint density at radius 1 is 1.05 bits per heavy atom. The Morgan fingerprint density at radius 2 is 1.84 bits per heavy atom. The zero-order valence-corrected chi connectivity index (χ0v) is 10.7. The fourth-order valence-electron chi connectivity index (χ4n) is 2.09. The van der Waals surface area contributed by atoms with Crippen molar-refractivity contribution in [1.82, 2.24) is 5.32 Å². The molecule has 0 aliphatic carbocycles. The van der Waals surface area contributed by atoms with Crippen molar-refractivity contribution in [3.05, 3.63) is 71.5 Å². The maximum atomic E-state index is 13.1. The maximum absolute atomic E-state index is 13.1. The molecule has 2 aromatic rings. The second-order valence-corrected chi connectivity index (χ2v) is 4.49. The van der Waals surface area contributed by atoms with Crippen LogP contribution in [0.15, 0.2) is 54.6 Å². The van der Waals surface area contributed by atoms with Gasteiger partial charge in [-0.3, -0.25) is 0 Å². The van der Waals surface area contributed by atoms with Gasteiger partial charge in [-0.25, -0.2) is 4.39 Å². The standard InChI is InChI=1S/C16H18FNO/c17-15-8-4-5-13(11-15)12-18-16(9-10-19)14-6-2-1-3-7-14/h1-8,11,16,18-19H,9-10,12H2/t16-/m1/s1. The van der Waals surface area contributed by atoms with Gasteiger partial charge in [0.05, 0.1) is 0 Å². The fraction of sp³-hybridized carbons (Fsp3) is 0.250. The lowest BCUT2D eigenvalue weighted by Gasteiger charge is -2.18. The molecule has 100 valence electrons. The van der Waals surface area contributed by atoms with E-state index in [4.69, 9.17) is 5.11 Å². The first-order valence-corrected chi connectivity index (χ1v) is 6.43. The van der Waals surface area contributed by atoms with Crippen LogP contribution in [0.3, 0.4) is 0 Å². The predicted molar refractivity (Wildman–Crippen MR) is 74.1 cm³/mol. The molecule has 1 atom stereocenters. The van der Waals surface area contributed by atoms with Crippen LogP contribution in [0.2, 0.25) is 0 Å². The third-order valence-corrected chi connectivity index (χ3v) is 3.06. The molecular weight excluding hydrogens is 241 g/mol. The van der Waals surface area contributed by atoms with E-state index in [0.717, 1.165) is 11.1 Å². The molecule has 3 heteroatoms. The number of halogens is 1. The molecule has 0 aromatic heterocycles. The average molecular weight is 259 g/mol. The molecule has 2 nitrogen and oxygen atoms in total. The minimum absolute atomic E-state index is 0.0782. The highest BCUT2D eigenvalue weighted by molar-refractivity contribution is 5.20. The summed E-state index contributed by atoms with van der Waals surface area (Å²) >= 11 is 0. The summed E-state index contributed by atoms with van der Waals surface area (Å²) in [7, 11) is 0. The van der Waals surface area contributed by atoms with E-state index in [2.05, 4.69) is 5.32 Å². The Morgan fingerprint density at radius 3 is 2.53 bits per heavy atom. The van der Waals surface area contributed by atoms with Crippen LogP contribution in [0, 0.1) is 5.82 Å². The van der Waals surface area contributed by atoms with Crippen molar-refractivity contribution in [2.75, 3.05) is 6.61 Å². The van der Waals surface area contributed by atoms with Gasteiger partial charge < -0.3 is 10.4 Å². The molecule has 0 radical (unpaired) electrons. The average Bonchev–Trinajstić information content (AvgIpc) is 2.44. The summed E-state index contributed by atoms with van der Waals surface area (Å²) in [5.41, 5.74) is 2.03. The smallest absolute Gasteiger partial charge is 0.123 e. The number of aliphatic hydroxyl groups excluding tert-OH is 1. The van der Waals surface area contributed by atoms with Gasteiger partial charge in [0.15, 0.2) is 0 Å². The lowest BCUT2D eigenvalue weighted by molar-refractivity contribution is 0.265. The summed E-state index contributed by atoms with van der Waals surface area (Å²) in [6, 6.07) is 16.6. The first-order chi connectivity index (χ1) is 9.29. The van der Waals surface area contributed by atoms with Crippen molar-refractivity contribution in [3.8, 4) is 0 Å². The summed E-state index contributed by atoms with van der Waals surface area (Å²) in [5.74, 6) is -0.224. The first-order valence-electron chi connectivity index (χ1n) is 6.43. The SMILES string of the molecule is OCC[C@@H](NCc1cccc(F)c1)c1ccccc1. The van der Waals surface area contributed by atoms with Crippen molar-refractivity contribution in [3.63, 3.8) is 0 Å². The van der Waals surface area contributed by atoms with E-state index in [1.807, 2.05) is 36.4 Å². The van der Waals surface area contributed by atoms with Crippen LogP contribution in [0.5, 0.6) is 0 Å². The maximum Gasteiger partial charge on any atom is 0.123 e. The van der Waals surface area contributed by atoms with E-state index >= 15 is 0 Å². The highest BCUT2D eigenvalue weighted by Crippen LogP contribution is 2.17. The van der Waals surface area contributed by atoms with E-state index in [1.165, 1.54) is 12.1 Å². The van der Waals surface area contributed by atoms with E-state index in [1.54, 1.807) is 6.07 Å². The zero-order valence-electron chi connectivity index (χ0n) is 10.7. The van der Waals surface area contributed by atoms with Gasteiger partial charge in [-0.2, -0.15) is 0 Å². The van der Waals surface area contributed by atoms with E-state index < -0.39 is 0 Å². The zero-order chi connectivity index (χ0) is 13.5. The molecule has 0 fully saturated rings. The largest absolute Gasteiger partial charge is 0.396 e. The van der Waals surface area contributed by atoms with E-state index in [9.17, 15) is 4.39 Å². The van der Waals surface area contributed by atoms with Gasteiger partial charge in [0.2, 0.25) is 0 Å². The van der Waals surface area contributed by atoms with Crippen LogP contribution < -0.4 is 5.32 Å². The molecular formula is C16H18FNO. The number of hydrogen-bond acceptors (Lipinski definition) is 2. The van der Waals surface area contributed by atoms with Gasteiger partial charge in [0.25, 0.3) is 0 Å². The molecule has 0 saturated heterocycles. The van der Waals surface area contributed by atoms with E-state index in [-0.39, 0.29) is 18.5 Å². The first kappa shape index (κ1) is 13.7. The van der Waals surface area contributed by atoms with Crippen molar-refractivity contribution in [1.29, 1.82) is 0 Å². The lowest BCUT2D eigenvalue weighted by Crippen LogP contribution is -2.22. The molecule has 2 aromatic carbocycles. The Labute approximate surface area is 112 Å². The second-order valence-electron chi connectivity index (χ2n) is 4.49. The molecule has 19 heavy (non-hydrogen) atoms. The molecule has 2 N–H and O–H groups in total. The number of benzene rings is 2. The van der Waals surface area contributed by atoms with Gasteiger partial charge in [0, 0.05) is 19.2 Å². The third-order valence-electron chi connectivity index (χ3n) is 3.06. The van der Waals surface area contributed by atoms with Crippen LogP contribution in [-0.4, -0.2) is 11.7 Å². The van der Waals surface area contributed by atoms with Crippen molar-refractivity contribution >= 4 is 0 Å². The Kier molecular flexibility index (Phi) is 5.07. The highest BCUT2D eigenvalue weighted by atomic mass is 19.1. The molecule has 0 bridgehead atoms. The van der Waals surface area contributed by atoms with Crippen LogP contribution >= 0.6 is 0 Å². The summed E-state index contributed by atoms with van der Waals surface area (Å²) in [6.45, 7) is 0.701.